The van der Waals surface area contributed by atoms with Gasteiger partial charge in [-0.15, -0.1) is 0 Å². The smallest absolute Gasteiger partial charge is 0.327 e. The van der Waals surface area contributed by atoms with Crippen molar-refractivity contribution in [2.24, 2.45) is 0 Å². The van der Waals surface area contributed by atoms with Crippen molar-refractivity contribution in [1.29, 1.82) is 0 Å². The van der Waals surface area contributed by atoms with E-state index in [-0.39, 0.29) is 35.5 Å². The first-order valence-corrected chi connectivity index (χ1v) is 11.1. The molecule has 2 heterocycles. The Morgan fingerprint density at radius 2 is 2.00 bits per heavy atom. The Balaban J connectivity index is 1.87. The molecule has 1 atom stereocenters. The molecule has 0 aliphatic carbocycles. The van der Waals surface area contributed by atoms with Crippen molar-refractivity contribution in [3.63, 3.8) is 0 Å². The number of carbonyl (C=O) groups excluding carboxylic acids is 1. The molecule has 33 heavy (non-hydrogen) atoms. The van der Waals surface area contributed by atoms with Gasteiger partial charge in [0, 0.05) is 12.7 Å². The van der Waals surface area contributed by atoms with Gasteiger partial charge in [0.15, 0.2) is 10.9 Å². The molecule has 0 N–H and O–H groups in total. The zero-order chi connectivity index (χ0) is 23.5. The molecule has 0 radical (unpaired) electrons. The summed E-state index contributed by atoms with van der Waals surface area (Å²) in [7, 11) is 4.00. The van der Waals surface area contributed by atoms with Crippen LogP contribution in [0.1, 0.15) is 23.2 Å². The van der Waals surface area contributed by atoms with Crippen LogP contribution < -0.4 is 19.1 Å². The molecule has 1 aliphatic heterocycles. The first-order valence-electron chi connectivity index (χ1n) is 10.2. The number of nitro groups is 1. The van der Waals surface area contributed by atoms with Gasteiger partial charge in [0.25, 0.3) is 5.91 Å². The number of para-hydroxylation sites is 1. The summed E-state index contributed by atoms with van der Waals surface area (Å²) >= 11 is 1.33. The molecular weight excluding hydrogens is 450 g/mol. The highest BCUT2D eigenvalue weighted by Crippen LogP contribution is 2.47. The summed E-state index contributed by atoms with van der Waals surface area (Å²) in [5, 5.41) is 12.5. The maximum absolute atomic E-state index is 13.9. The van der Waals surface area contributed by atoms with E-state index in [1.54, 1.807) is 0 Å². The van der Waals surface area contributed by atoms with E-state index in [9.17, 15) is 14.9 Å². The van der Waals surface area contributed by atoms with Crippen molar-refractivity contribution >= 4 is 38.3 Å². The molecule has 0 saturated carbocycles. The predicted octanol–water partition coefficient (Wildman–Crippen LogP) is 4.06. The number of thiazole rings is 1. The van der Waals surface area contributed by atoms with E-state index in [2.05, 4.69) is 4.98 Å². The fourth-order valence-electron chi connectivity index (χ4n) is 3.85. The van der Waals surface area contributed by atoms with Gasteiger partial charge in [-0.25, -0.2) is 4.98 Å². The normalized spacial score (nSPS) is 15.4. The highest BCUT2D eigenvalue weighted by atomic mass is 32.1. The number of methoxy groups -OCH3 is 3. The molecule has 1 fully saturated rings. The van der Waals surface area contributed by atoms with Gasteiger partial charge in [0.1, 0.15) is 5.56 Å². The van der Waals surface area contributed by atoms with Crippen LogP contribution in [0.5, 0.6) is 17.2 Å². The number of nitrogens with zero attached hydrogens (tertiary/aromatic N) is 3. The lowest BCUT2D eigenvalue weighted by atomic mass is 10.1. The van der Waals surface area contributed by atoms with Crippen molar-refractivity contribution in [1.82, 2.24) is 4.98 Å². The number of fused-ring (bicyclic) bond motifs is 1. The minimum absolute atomic E-state index is 0.0360. The van der Waals surface area contributed by atoms with E-state index in [1.807, 2.05) is 24.3 Å². The molecule has 0 bridgehead atoms. The number of carbonyl (C=O) groups is 1. The van der Waals surface area contributed by atoms with E-state index < -0.39 is 16.5 Å². The summed E-state index contributed by atoms with van der Waals surface area (Å²) in [5.74, 6) is -0.611. The van der Waals surface area contributed by atoms with Gasteiger partial charge < -0.3 is 18.9 Å². The standard InChI is InChI=1S/C22H23N3O7S/c1-29-16-11-14(18(25(27)28)20(31-3)19(16)30-2)21(26)24(12-13-7-6-10-32-13)22-23-15-8-4-5-9-17(15)33-22/h4-5,8-9,11,13H,6-7,10,12H2,1-3H3. The highest BCUT2D eigenvalue weighted by Gasteiger charge is 2.36. The molecule has 1 unspecified atom stereocenters. The Labute approximate surface area is 193 Å². The molecule has 174 valence electrons. The minimum Gasteiger partial charge on any atom is -0.493 e. The Morgan fingerprint density at radius 3 is 2.61 bits per heavy atom. The summed E-state index contributed by atoms with van der Waals surface area (Å²) in [5.41, 5.74) is 0.0485. The molecule has 2 aromatic carbocycles. The average molecular weight is 474 g/mol. The third-order valence-electron chi connectivity index (χ3n) is 5.39. The van der Waals surface area contributed by atoms with E-state index >= 15 is 0 Å². The van der Waals surface area contributed by atoms with E-state index in [1.165, 1.54) is 43.6 Å². The van der Waals surface area contributed by atoms with Crippen LogP contribution in [0.2, 0.25) is 0 Å². The fourth-order valence-corrected chi connectivity index (χ4v) is 4.82. The molecule has 3 aromatic rings. The SMILES string of the molecule is COc1cc(C(=O)N(CC2CCCO2)c2nc3ccccc3s2)c([N+](=O)[O-])c(OC)c1OC. The van der Waals surface area contributed by atoms with Crippen LogP contribution in [0.25, 0.3) is 10.2 Å². The average Bonchev–Trinajstić information content (AvgIpc) is 3.49. The second-order valence-electron chi connectivity index (χ2n) is 7.31. The summed E-state index contributed by atoms with van der Waals surface area (Å²) in [6, 6.07) is 8.82. The number of anilines is 1. The van der Waals surface area contributed by atoms with Crippen LogP contribution in [-0.2, 0) is 4.74 Å². The monoisotopic (exact) mass is 473 g/mol. The number of amides is 1. The van der Waals surface area contributed by atoms with E-state index in [0.29, 0.717) is 11.7 Å². The number of ether oxygens (including phenoxy) is 4. The zero-order valence-electron chi connectivity index (χ0n) is 18.4. The highest BCUT2D eigenvalue weighted by molar-refractivity contribution is 7.22. The van der Waals surface area contributed by atoms with Crippen molar-refractivity contribution < 1.29 is 28.7 Å². The van der Waals surface area contributed by atoms with Gasteiger partial charge in [-0.05, 0) is 25.0 Å². The summed E-state index contributed by atoms with van der Waals surface area (Å²) < 4.78 is 22.5. The van der Waals surface area contributed by atoms with Crippen molar-refractivity contribution in [3.8, 4) is 17.2 Å². The summed E-state index contributed by atoms with van der Waals surface area (Å²) in [6.45, 7) is 0.823. The molecule has 4 rings (SSSR count). The molecule has 0 spiro atoms. The number of hydrogen-bond acceptors (Lipinski definition) is 9. The van der Waals surface area contributed by atoms with Crippen molar-refractivity contribution in [2.75, 3.05) is 39.4 Å². The molecule has 1 amide bonds. The van der Waals surface area contributed by atoms with Gasteiger partial charge in [0.05, 0.1) is 49.1 Å². The molecule has 1 aromatic heterocycles. The second kappa shape index (κ2) is 9.59. The van der Waals surface area contributed by atoms with Gasteiger partial charge in [-0.2, -0.15) is 0 Å². The summed E-state index contributed by atoms with van der Waals surface area (Å²) in [4.78, 5) is 31.3. The van der Waals surface area contributed by atoms with Crippen LogP contribution in [0, 0.1) is 10.1 Å². The first kappa shape index (κ1) is 22.7. The topological polar surface area (TPSA) is 113 Å². The largest absolute Gasteiger partial charge is 0.493 e. The maximum Gasteiger partial charge on any atom is 0.327 e. The Bertz CT molecular complexity index is 1160. The molecule has 10 nitrogen and oxygen atoms in total. The van der Waals surface area contributed by atoms with Gasteiger partial charge in [0.2, 0.25) is 11.5 Å². The lowest BCUT2D eigenvalue weighted by Gasteiger charge is -2.24. The van der Waals surface area contributed by atoms with Crippen molar-refractivity contribution in [3.05, 3.63) is 46.0 Å². The molecular formula is C22H23N3O7S. The van der Waals surface area contributed by atoms with E-state index in [4.69, 9.17) is 18.9 Å². The van der Waals surface area contributed by atoms with Gasteiger partial charge in [-0.1, -0.05) is 23.5 Å². The maximum atomic E-state index is 13.9. The third-order valence-corrected chi connectivity index (χ3v) is 6.45. The van der Waals surface area contributed by atoms with Gasteiger partial charge >= 0.3 is 5.69 Å². The fraction of sp³-hybridized carbons (Fsp3) is 0.364. The zero-order valence-corrected chi connectivity index (χ0v) is 19.2. The Hall–Kier alpha value is -3.44. The number of nitro benzene ring substituents is 1. The van der Waals surface area contributed by atoms with Crippen LogP contribution in [0.15, 0.2) is 30.3 Å². The Morgan fingerprint density at radius 1 is 1.24 bits per heavy atom. The number of benzene rings is 2. The molecule has 1 saturated heterocycles. The molecule has 11 heteroatoms. The lowest BCUT2D eigenvalue weighted by Crippen LogP contribution is -2.37. The van der Waals surface area contributed by atoms with Crippen LogP contribution in [0.4, 0.5) is 10.8 Å². The predicted molar refractivity (Wildman–Crippen MR) is 123 cm³/mol. The third kappa shape index (κ3) is 4.29. The van der Waals surface area contributed by atoms with Crippen LogP contribution in [-0.4, -0.2) is 56.4 Å². The summed E-state index contributed by atoms with van der Waals surface area (Å²) in [6.07, 6.45) is 1.48. The number of rotatable bonds is 8. The Kier molecular flexibility index (Phi) is 6.61. The number of aromatic nitrogens is 1. The van der Waals surface area contributed by atoms with Crippen LogP contribution in [0.3, 0.4) is 0 Å². The number of hydrogen-bond donors (Lipinski definition) is 0. The van der Waals surface area contributed by atoms with Gasteiger partial charge in [-0.3, -0.25) is 19.8 Å². The lowest BCUT2D eigenvalue weighted by molar-refractivity contribution is -0.386. The molecule has 1 aliphatic rings. The first-order chi connectivity index (χ1) is 16.0. The quantitative estimate of drug-likeness (QED) is 0.356. The van der Waals surface area contributed by atoms with Crippen molar-refractivity contribution in [2.45, 2.75) is 18.9 Å². The minimum atomic E-state index is -0.656. The van der Waals surface area contributed by atoms with E-state index in [0.717, 1.165) is 23.1 Å². The van der Waals surface area contributed by atoms with Crippen LogP contribution >= 0.6 is 11.3 Å². The second-order valence-corrected chi connectivity index (χ2v) is 8.32.